The minimum Gasteiger partial charge on any atom is -0.467 e. The normalized spacial score (nSPS) is 23.6. The van der Waals surface area contributed by atoms with E-state index in [2.05, 4.69) is 5.32 Å². The summed E-state index contributed by atoms with van der Waals surface area (Å²) in [6, 6.07) is 12.5. The van der Waals surface area contributed by atoms with E-state index in [1.165, 1.54) is 7.11 Å². The number of rotatable bonds is 2. The number of fused-ring (bicyclic) bond motifs is 4. The lowest BCUT2D eigenvalue weighted by Gasteiger charge is -2.50. The summed E-state index contributed by atoms with van der Waals surface area (Å²) in [6.07, 6.45) is 0.574. The average molecular weight is 352 g/mol. The largest absolute Gasteiger partial charge is 0.467 e. The van der Waals surface area contributed by atoms with Gasteiger partial charge in [0.2, 0.25) is 0 Å². The Morgan fingerprint density at radius 3 is 2.85 bits per heavy atom. The zero-order valence-corrected chi connectivity index (χ0v) is 14.9. The second kappa shape index (κ2) is 5.76. The van der Waals surface area contributed by atoms with Crippen molar-refractivity contribution in [2.45, 2.75) is 32.0 Å². The van der Waals surface area contributed by atoms with Gasteiger partial charge in [-0.1, -0.05) is 12.1 Å². The molecular weight excluding hydrogens is 332 g/mol. The Bertz CT molecular complexity index is 910. The first-order chi connectivity index (χ1) is 12.4. The molecule has 4 rings (SSSR count). The molecule has 1 N–H and O–H groups in total. The summed E-state index contributed by atoms with van der Waals surface area (Å²) >= 11 is 0. The lowest BCUT2D eigenvalue weighted by atomic mass is 9.89. The van der Waals surface area contributed by atoms with Crippen molar-refractivity contribution in [3.8, 4) is 5.75 Å². The number of carbonyl (C=O) groups excluding carboxylic acids is 2. The molecule has 2 heterocycles. The maximum Gasteiger partial charge on any atom is 0.337 e. The number of urea groups is 1. The fraction of sp³-hybridized carbons (Fsp3) is 0.300. The maximum absolute atomic E-state index is 12.9. The minimum absolute atomic E-state index is 0.219. The van der Waals surface area contributed by atoms with E-state index >= 15 is 0 Å². The first-order valence-corrected chi connectivity index (χ1v) is 8.50. The van der Waals surface area contributed by atoms with Crippen LogP contribution < -0.4 is 15.0 Å². The minimum atomic E-state index is -0.805. The number of ether oxygens (including phenoxy) is 2. The SMILES string of the molecule is COC(=O)c1ccc2c(c1)[C@H]1C[C@@](C)(O2)N(c2cccc(C)c2)C(=O)N1. The van der Waals surface area contributed by atoms with Gasteiger partial charge in [0.05, 0.1) is 18.7 Å². The number of aryl methyl sites for hydroxylation is 1. The average Bonchev–Trinajstić information content (AvgIpc) is 2.60. The van der Waals surface area contributed by atoms with Crippen LogP contribution in [0.5, 0.6) is 5.75 Å². The fourth-order valence-corrected chi connectivity index (χ4v) is 3.78. The quantitative estimate of drug-likeness (QED) is 0.840. The van der Waals surface area contributed by atoms with Crippen molar-refractivity contribution in [2.75, 3.05) is 12.0 Å². The molecule has 0 spiro atoms. The van der Waals surface area contributed by atoms with E-state index in [0.29, 0.717) is 17.7 Å². The van der Waals surface area contributed by atoms with Crippen molar-refractivity contribution >= 4 is 17.7 Å². The van der Waals surface area contributed by atoms with Gasteiger partial charge in [0.25, 0.3) is 0 Å². The van der Waals surface area contributed by atoms with Gasteiger partial charge in [-0.2, -0.15) is 0 Å². The third kappa shape index (κ3) is 2.49. The molecule has 0 unspecified atom stereocenters. The number of esters is 1. The van der Waals surface area contributed by atoms with Crippen LogP contribution in [0.2, 0.25) is 0 Å². The molecule has 6 nitrogen and oxygen atoms in total. The topological polar surface area (TPSA) is 67.9 Å². The summed E-state index contributed by atoms with van der Waals surface area (Å²) in [7, 11) is 1.34. The molecule has 6 heteroatoms. The van der Waals surface area contributed by atoms with Crippen LogP contribution in [0.25, 0.3) is 0 Å². The van der Waals surface area contributed by atoms with Gasteiger partial charge in [-0.25, -0.2) is 9.59 Å². The molecule has 0 aliphatic carbocycles. The highest BCUT2D eigenvalue weighted by Crippen LogP contribution is 2.45. The van der Waals surface area contributed by atoms with E-state index < -0.39 is 11.7 Å². The monoisotopic (exact) mass is 352 g/mol. The molecule has 2 aromatic rings. The molecule has 2 aliphatic heterocycles. The molecule has 0 saturated carbocycles. The molecule has 1 saturated heterocycles. The zero-order valence-electron chi connectivity index (χ0n) is 14.9. The summed E-state index contributed by atoms with van der Waals surface area (Å²) in [4.78, 5) is 26.3. The van der Waals surface area contributed by atoms with Gasteiger partial charge in [0, 0.05) is 17.7 Å². The molecular formula is C20H20N2O4. The smallest absolute Gasteiger partial charge is 0.337 e. The van der Waals surface area contributed by atoms with Crippen LogP contribution in [-0.2, 0) is 4.74 Å². The maximum atomic E-state index is 12.9. The number of hydrogen-bond acceptors (Lipinski definition) is 4. The number of amides is 2. The summed E-state index contributed by atoms with van der Waals surface area (Å²) in [5.74, 6) is 0.249. The first-order valence-electron chi connectivity index (χ1n) is 8.50. The van der Waals surface area contributed by atoms with Crippen LogP contribution in [0.3, 0.4) is 0 Å². The van der Waals surface area contributed by atoms with E-state index in [0.717, 1.165) is 16.8 Å². The second-order valence-electron chi connectivity index (χ2n) is 6.90. The standard InChI is InChI=1S/C20H20N2O4/c1-12-5-4-6-14(9-12)22-19(24)21-16-11-20(22,2)26-17-8-7-13(10-15(16)17)18(23)25-3/h4-10,16H,11H2,1-3H3,(H,21,24)/t16-,20-/m1/s1. The van der Waals surface area contributed by atoms with Crippen molar-refractivity contribution in [1.29, 1.82) is 0 Å². The Labute approximate surface area is 151 Å². The van der Waals surface area contributed by atoms with Crippen LogP contribution in [0, 0.1) is 6.92 Å². The van der Waals surface area contributed by atoms with Crippen molar-refractivity contribution in [2.24, 2.45) is 0 Å². The molecule has 2 atom stereocenters. The van der Waals surface area contributed by atoms with Gasteiger partial charge in [-0.3, -0.25) is 4.90 Å². The number of nitrogens with zero attached hydrogens (tertiary/aromatic N) is 1. The molecule has 0 aromatic heterocycles. The lowest BCUT2D eigenvalue weighted by molar-refractivity contribution is 0.0377. The van der Waals surface area contributed by atoms with E-state index in [1.54, 1.807) is 23.1 Å². The highest BCUT2D eigenvalue weighted by molar-refractivity contribution is 5.95. The van der Waals surface area contributed by atoms with Gasteiger partial charge >= 0.3 is 12.0 Å². The predicted octanol–water partition coefficient (Wildman–Crippen LogP) is 3.55. The van der Waals surface area contributed by atoms with Gasteiger partial charge < -0.3 is 14.8 Å². The molecule has 2 aromatic carbocycles. The van der Waals surface area contributed by atoms with Crippen LogP contribution in [0.1, 0.15) is 40.9 Å². The molecule has 134 valence electrons. The fourth-order valence-electron chi connectivity index (χ4n) is 3.78. The van der Waals surface area contributed by atoms with Gasteiger partial charge in [-0.15, -0.1) is 0 Å². The number of anilines is 1. The number of methoxy groups -OCH3 is 1. The molecule has 0 radical (unpaired) electrons. The van der Waals surface area contributed by atoms with Crippen LogP contribution in [0.4, 0.5) is 10.5 Å². The molecule has 2 amide bonds. The Morgan fingerprint density at radius 1 is 1.31 bits per heavy atom. The summed E-state index contributed by atoms with van der Waals surface area (Å²) in [5, 5.41) is 3.04. The molecule has 26 heavy (non-hydrogen) atoms. The predicted molar refractivity (Wildman–Crippen MR) is 96.4 cm³/mol. The number of benzene rings is 2. The number of nitrogens with one attached hydrogen (secondary N) is 1. The Morgan fingerprint density at radius 2 is 2.12 bits per heavy atom. The van der Waals surface area contributed by atoms with Crippen molar-refractivity contribution in [3.63, 3.8) is 0 Å². The highest BCUT2D eigenvalue weighted by atomic mass is 16.5. The number of hydrogen-bond donors (Lipinski definition) is 1. The van der Waals surface area contributed by atoms with Crippen LogP contribution >= 0.6 is 0 Å². The second-order valence-corrected chi connectivity index (χ2v) is 6.90. The van der Waals surface area contributed by atoms with Gasteiger partial charge in [-0.05, 0) is 49.7 Å². The first kappa shape index (κ1) is 16.4. The molecule has 2 bridgehead atoms. The van der Waals surface area contributed by atoms with Crippen molar-refractivity contribution in [1.82, 2.24) is 5.32 Å². The summed E-state index contributed by atoms with van der Waals surface area (Å²) in [6.45, 7) is 3.90. The van der Waals surface area contributed by atoms with Gasteiger partial charge in [0.15, 0.2) is 5.72 Å². The number of carbonyl (C=O) groups is 2. The molecule has 2 aliphatic rings. The van der Waals surface area contributed by atoms with Crippen LogP contribution in [-0.4, -0.2) is 24.8 Å². The van der Waals surface area contributed by atoms with E-state index in [1.807, 2.05) is 38.1 Å². The summed E-state index contributed by atoms with van der Waals surface area (Å²) < 4.78 is 11.0. The van der Waals surface area contributed by atoms with Crippen LogP contribution in [0.15, 0.2) is 42.5 Å². The Kier molecular flexibility index (Phi) is 3.64. The van der Waals surface area contributed by atoms with Crippen molar-refractivity contribution in [3.05, 3.63) is 59.2 Å². The Hall–Kier alpha value is -3.02. The molecule has 1 fully saturated rings. The van der Waals surface area contributed by atoms with E-state index in [9.17, 15) is 9.59 Å². The highest BCUT2D eigenvalue weighted by Gasteiger charge is 2.50. The third-order valence-electron chi connectivity index (χ3n) is 4.95. The zero-order chi connectivity index (χ0) is 18.5. The third-order valence-corrected chi connectivity index (χ3v) is 4.95. The van der Waals surface area contributed by atoms with Gasteiger partial charge in [0.1, 0.15) is 5.75 Å². The van der Waals surface area contributed by atoms with E-state index in [-0.39, 0.29) is 12.1 Å². The summed E-state index contributed by atoms with van der Waals surface area (Å²) in [5.41, 5.74) is 2.29. The van der Waals surface area contributed by atoms with Crippen molar-refractivity contribution < 1.29 is 19.1 Å². The van der Waals surface area contributed by atoms with E-state index in [4.69, 9.17) is 9.47 Å². The Balaban J connectivity index is 1.76. The lowest BCUT2D eigenvalue weighted by Crippen LogP contribution is -2.65.